The number of hydrogen-bond donors (Lipinski definition) is 1. The first-order chi connectivity index (χ1) is 6.81. The number of nitrogens with two attached hydrogens (primary N) is 1. The van der Waals surface area contributed by atoms with Crippen molar-refractivity contribution in [3.05, 3.63) is 0 Å². The van der Waals surface area contributed by atoms with Gasteiger partial charge in [-0.3, -0.25) is 0 Å². The van der Waals surface area contributed by atoms with Crippen LogP contribution < -0.4 is 5.73 Å². The average Bonchev–Trinajstić information content (AvgIpc) is 2.25. The summed E-state index contributed by atoms with van der Waals surface area (Å²) in [4.78, 5) is 2.29. The van der Waals surface area contributed by atoms with E-state index in [2.05, 4.69) is 18.9 Å². The van der Waals surface area contributed by atoms with Crippen molar-refractivity contribution in [1.29, 1.82) is 0 Å². The molecule has 2 nitrogen and oxygen atoms in total. The fourth-order valence-corrected chi connectivity index (χ4v) is 0.964. The third kappa shape index (κ3) is 22.7. The van der Waals surface area contributed by atoms with Gasteiger partial charge in [-0.1, -0.05) is 47.5 Å². The van der Waals surface area contributed by atoms with Crippen molar-refractivity contribution < 1.29 is 0 Å². The van der Waals surface area contributed by atoms with Gasteiger partial charge in [0.25, 0.3) is 0 Å². The van der Waals surface area contributed by atoms with E-state index in [4.69, 9.17) is 5.73 Å². The summed E-state index contributed by atoms with van der Waals surface area (Å²) in [5.41, 5.74) is 5.39. The van der Waals surface area contributed by atoms with Crippen LogP contribution in [0.5, 0.6) is 0 Å². The smallest absolute Gasteiger partial charge is 0.0102 e. The number of hydrogen-bond acceptors (Lipinski definition) is 2. The van der Waals surface area contributed by atoms with Crippen molar-refractivity contribution >= 4 is 0 Å². The first kappa shape index (κ1) is 19.5. The Morgan fingerprint density at radius 1 is 0.929 bits per heavy atom. The summed E-state index contributed by atoms with van der Waals surface area (Å²) in [6.45, 7) is 13.2. The van der Waals surface area contributed by atoms with Gasteiger partial charge in [0.2, 0.25) is 0 Å². The summed E-state index contributed by atoms with van der Waals surface area (Å²) in [5.74, 6) is 0. The van der Waals surface area contributed by atoms with Crippen LogP contribution >= 0.6 is 0 Å². The Morgan fingerprint density at radius 3 is 1.79 bits per heavy atom. The van der Waals surface area contributed by atoms with Gasteiger partial charge in [-0.25, -0.2) is 0 Å². The Morgan fingerprint density at radius 2 is 1.43 bits per heavy atom. The lowest BCUT2D eigenvalue weighted by Crippen LogP contribution is -2.26. The number of likely N-dealkylation sites (N-methyl/N-ethyl adjacent to an activating group) is 1. The quantitative estimate of drug-likeness (QED) is 0.674. The van der Waals surface area contributed by atoms with Crippen molar-refractivity contribution in [2.45, 2.75) is 53.9 Å². The summed E-state index contributed by atoms with van der Waals surface area (Å²) < 4.78 is 0. The molecule has 0 heterocycles. The highest BCUT2D eigenvalue weighted by molar-refractivity contribution is 4.50. The molecular formula is C12H32N2. The maximum Gasteiger partial charge on any atom is 0.0102 e. The van der Waals surface area contributed by atoms with Crippen molar-refractivity contribution in [2.24, 2.45) is 5.73 Å². The molecule has 0 aromatic carbocycles. The lowest BCUT2D eigenvalue weighted by molar-refractivity contribution is 0.334. The van der Waals surface area contributed by atoms with Crippen LogP contribution in [0.25, 0.3) is 0 Å². The fourth-order valence-electron chi connectivity index (χ4n) is 0.964. The normalized spacial score (nSPS) is 8.57. The van der Waals surface area contributed by atoms with E-state index in [9.17, 15) is 0 Å². The van der Waals surface area contributed by atoms with Crippen LogP contribution in [0.1, 0.15) is 53.9 Å². The number of rotatable bonds is 6. The zero-order chi connectivity index (χ0) is 11.8. The Kier molecular flexibility index (Phi) is 32.1. The molecule has 2 N–H and O–H groups in total. The molecule has 0 aliphatic rings. The molecule has 0 aliphatic heterocycles. The van der Waals surface area contributed by atoms with E-state index in [1.807, 2.05) is 27.7 Å². The predicted molar refractivity (Wildman–Crippen MR) is 68.8 cm³/mol. The van der Waals surface area contributed by atoms with Gasteiger partial charge >= 0.3 is 0 Å². The Balaban J connectivity index is -0.000000266. The molecule has 14 heavy (non-hydrogen) atoms. The van der Waals surface area contributed by atoms with E-state index in [1.165, 1.54) is 25.8 Å². The van der Waals surface area contributed by atoms with Crippen LogP contribution in [0, 0.1) is 0 Å². The van der Waals surface area contributed by atoms with Crippen molar-refractivity contribution in [1.82, 2.24) is 4.90 Å². The molecular weight excluding hydrogens is 172 g/mol. The first-order valence-electron chi connectivity index (χ1n) is 6.20. The molecule has 0 aromatic heterocycles. The molecule has 0 aromatic rings. The number of unbranched alkanes of at least 4 members (excludes halogenated alkanes) is 2. The lowest BCUT2D eigenvalue weighted by atomic mass is 10.2. The molecule has 0 amide bonds. The maximum atomic E-state index is 5.39. The predicted octanol–water partition coefficient (Wildman–Crippen LogP) is 3.12. The van der Waals surface area contributed by atoms with Gasteiger partial charge < -0.3 is 10.6 Å². The Bertz CT molecular complexity index is 65.3. The third-order valence-electron chi connectivity index (χ3n) is 1.65. The summed E-state index contributed by atoms with van der Waals surface area (Å²) in [5, 5.41) is 0. The van der Waals surface area contributed by atoms with E-state index < -0.39 is 0 Å². The van der Waals surface area contributed by atoms with E-state index >= 15 is 0 Å². The van der Waals surface area contributed by atoms with Crippen molar-refractivity contribution in [3.8, 4) is 0 Å². The molecule has 0 spiro atoms. The maximum absolute atomic E-state index is 5.39. The van der Waals surface area contributed by atoms with Gasteiger partial charge in [0.15, 0.2) is 0 Å². The van der Waals surface area contributed by atoms with E-state index in [1.54, 1.807) is 0 Å². The molecule has 2 heteroatoms. The molecule has 0 atom stereocenters. The molecule has 0 saturated carbocycles. The van der Waals surface area contributed by atoms with Crippen LogP contribution in [0.15, 0.2) is 0 Å². The molecule has 0 bridgehead atoms. The van der Waals surface area contributed by atoms with Crippen LogP contribution in [0.3, 0.4) is 0 Å². The minimum Gasteiger partial charge on any atom is -0.329 e. The lowest BCUT2D eigenvalue weighted by Gasteiger charge is -2.14. The Labute approximate surface area is 91.9 Å². The van der Waals surface area contributed by atoms with E-state index in [0.29, 0.717) is 0 Å². The summed E-state index contributed by atoms with van der Waals surface area (Å²) in [7, 11) is 2.13. The first-order valence-corrected chi connectivity index (χ1v) is 6.20. The second-order valence-corrected chi connectivity index (χ2v) is 2.80. The van der Waals surface area contributed by atoms with E-state index in [-0.39, 0.29) is 0 Å². The highest BCUT2D eigenvalue weighted by Gasteiger charge is 1.93. The molecule has 0 radical (unpaired) electrons. The molecule has 90 valence electrons. The molecule has 0 fully saturated rings. The van der Waals surface area contributed by atoms with Gasteiger partial charge in [-0.15, -0.1) is 0 Å². The van der Waals surface area contributed by atoms with Gasteiger partial charge in [0.1, 0.15) is 0 Å². The largest absolute Gasteiger partial charge is 0.329 e. The molecule has 0 unspecified atom stereocenters. The minimum absolute atomic E-state index is 0.780. The van der Waals surface area contributed by atoms with Crippen molar-refractivity contribution in [2.75, 3.05) is 26.7 Å². The third-order valence-corrected chi connectivity index (χ3v) is 1.65. The second kappa shape index (κ2) is 23.1. The number of nitrogens with zero attached hydrogens (tertiary/aromatic N) is 1. The molecule has 0 rings (SSSR count). The Hall–Kier alpha value is -0.0800. The zero-order valence-corrected chi connectivity index (χ0v) is 11.3. The van der Waals surface area contributed by atoms with Crippen LogP contribution in [-0.4, -0.2) is 31.6 Å². The van der Waals surface area contributed by atoms with Crippen LogP contribution in [-0.2, 0) is 0 Å². The summed E-state index contributed by atoms with van der Waals surface area (Å²) in [6, 6.07) is 0. The SMILES string of the molecule is CC.CC.CCCCCN(C)CCN. The highest BCUT2D eigenvalue weighted by Crippen LogP contribution is 1.94. The highest BCUT2D eigenvalue weighted by atomic mass is 15.1. The van der Waals surface area contributed by atoms with Crippen LogP contribution in [0.2, 0.25) is 0 Å². The summed E-state index contributed by atoms with van der Waals surface area (Å²) >= 11 is 0. The van der Waals surface area contributed by atoms with E-state index in [0.717, 1.165) is 13.1 Å². The summed E-state index contributed by atoms with van der Waals surface area (Å²) in [6.07, 6.45) is 3.96. The monoisotopic (exact) mass is 204 g/mol. The molecule has 0 aliphatic carbocycles. The van der Waals surface area contributed by atoms with Crippen LogP contribution in [0.4, 0.5) is 0 Å². The minimum atomic E-state index is 0.780. The van der Waals surface area contributed by atoms with Gasteiger partial charge in [0, 0.05) is 13.1 Å². The fraction of sp³-hybridized carbons (Fsp3) is 1.00. The van der Waals surface area contributed by atoms with Crippen molar-refractivity contribution in [3.63, 3.8) is 0 Å². The van der Waals surface area contributed by atoms with Gasteiger partial charge in [-0.05, 0) is 20.0 Å². The topological polar surface area (TPSA) is 29.3 Å². The average molecular weight is 204 g/mol. The zero-order valence-electron chi connectivity index (χ0n) is 11.3. The van der Waals surface area contributed by atoms with Gasteiger partial charge in [0.05, 0.1) is 0 Å². The molecule has 0 saturated heterocycles. The second-order valence-electron chi connectivity index (χ2n) is 2.80. The van der Waals surface area contributed by atoms with Gasteiger partial charge in [-0.2, -0.15) is 0 Å². The standard InChI is InChI=1S/C8H20N2.2C2H6/c1-3-4-5-7-10(2)8-6-9;2*1-2/h3-9H2,1-2H3;2*1-2H3.